The third-order valence-electron chi connectivity index (χ3n) is 3.97. The van der Waals surface area contributed by atoms with Crippen LogP contribution in [0.4, 0.5) is 0 Å². The zero-order valence-corrected chi connectivity index (χ0v) is 13.0. The summed E-state index contributed by atoms with van der Waals surface area (Å²) in [5, 5.41) is 0.952. The van der Waals surface area contributed by atoms with E-state index >= 15 is 0 Å². The molecule has 2 unspecified atom stereocenters. The molecule has 2 heterocycles. The second kappa shape index (κ2) is 5.85. The number of rotatable bonds is 3. The fourth-order valence-electron chi connectivity index (χ4n) is 2.79. The van der Waals surface area contributed by atoms with Crippen LogP contribution in [0.5, 0.6) is 0 Å². The van der Waals surface area contributed by atoms with Gasteiger partial charge >= 0.3 is 5.97 Å². The molecule has 1 aliphatic heterocycles. The maximum atomic E-state index is 12.1. The predicted molar refractivity (Wildman–Crippen MR) is 88.8 cm³/mol. The Morgan fingerprint density at radius 3 is 2.58 bits per heavy atom. The Kier molecular flexibility index (Phi) is 3.54. The van der Waals surface area contributed by atoms with Gasteiger partial charge in [-0.15, -0.1) is 0 Å². The number of nitrogens with zero attached hydrogens (tertiary/aromatic N) is 1. The van der Waals surface area contributed by atoms with Gasteiger partial charge in [0.15, 0.2) is 12.1 Å². The van der Waals surface area contributed by atoms with Crippen molar-refractivity contribution in [1.82, 2.24) is 0 Å². The van der Waals surface area contributed by atoms with Crippen molar-refractivity contribution in [2.75, 3.05) is 7.11 Å². The summed E-state index contributed by atoms with van der Waals surface area (Å²) < 4.78 is 16.7. The Morgan fingerprint density at radius 2 is 1.83 bits per heavy atom. The van der Waals surface area contributed by atoms with Crippen LogP contribution in [0.2, 0.25) is 0 Å². The van der Waals surface area contributed by atoms with E-state index in [-0.39, 0.29) is 0 Å². The van der Waals surface area contributed by atoms with Crippen molar-refractivity contribution in [3.05, 3.63) is 72.0 Å². The third-order valence-corrected chi connectivity index (χ3v) is 3.97. The molecule has 0 aliphatic carbocycles. The van der Waals surface area contributed by atoms with E-state index in [0.29, 0.717) is 11.7 Å². The molecule has 0 radical (unpaired) electrons. The Morgan fingerprint density at radius 1 is 1.08 bits per heavy atom. The number of carbonyl (C=O) groups excluding carboxylic acids is 1. The van der Waals surface area contributed by atoms with Crippen LogP contribution in [0, 0.1) is 0 Å². The molecule has 0 amide bonds. The first-order valence-electron chi connectivity index (χ1n) is 7.62. The molecule has 0 bridgehead atoms. The second-order valence-electron chi connectivity index (χ2n) is 5.49. The molecule has 0 spiro atoms. The van der Waals surface area contributed by atoms with Gasteiger partial charge in [-0.2, -0.15) is 0 Å². The molecule has 2 aromatic carbocycles. The van der Waals surface area contributed by atoms with E-state index in [1.54, 1.807) is 0 Å². The van der Waals surface area contributed by atoms with E-state index in [0.717, 1.165) is 16.5 Å². The lowest BCUT2D eigenvalue weighted by Crippen LogP contribution is -2.24. The number of para-hydroxylation sites is 1. The number of esters is 1. The number of carbonyl (C=O) groups is 1. The first-order chi connectivity index (χ1) is 11.8. The van der Waals surface area contributed by atoms with E-state index < -0.39 is 18.1 Å². The summed E-state index contributed by atoms with van der Waals surface area (Å²) in [5.41, 5.74) is 1.55. The summed E-state index contributed by atoms with van der Waals surface area (Å²) in [5.74, 6) is 0.518. The minimum Gasteiger partial charge on any atom is -0.467 e. The standard InChI is InChI=1S/C19H15NO4/c1-22-19(21)16-17(15-11-13-9-5-6-10-14(13)23-15)24-18(20-16)12-7-3-2-4-8-12/h2-11,16-17H,1H3. The van der Waals surface area contributed by atoms with Crippen LogP contribution in [0.15, 0.2) is 70.1 Å². The van der Waals surface area contributed by atoms with Gasteiger partial charge in [0.2, 0.25) is 5.90 Å². The molecule has 1 aromatic heterocycles. The summed E-state index contributed by atoms with van der Waals surface area (Å²) in [7, 11) is 1.34. The monoisotopic (exact) mass is 321 g/mol. The Bertz CT molecular complexity index is 880. The van der Waals surface area contributed by atoms with Crippen LogP contribution >= 0.6 is 0 Å². The molecule has 0 fully saturated rings. The van der Waals surface area contributed by atoms with Gasteiger partial charge in [-0.3, -0.25) is 0 Å². The molecule has 3 aromatic rings. The number of fused-ring (bicyclic) bond motifs is 1. The lowest BCUT2D eigenvalue weighted by atomic mass is 10.1. The van der Waals surface area contributed by atoms with Crippen LogP contribution in [0.1, 0.15) is 17.4 Å². The smallest absolute Gasteiger partial charge is 0.335 e. The molecule has 120 valence electrons. The van der Waals surface area contributed by atoms with Crippen LogP contribution < -0.4 is 0 Å². The fraction of sp³-hybridized carbons (Fsp3) is 0.158. The first kappa shape index (κ1) is 14.5. The van der Waals surface area contributed by atoms with Gasteiger partial charge in [-0.25, -0.2) is 9.79 Å². The summed E-state index contributed by atoms with van der Waals surface area (Å²) in [6, 6.07) is 18.2. The van der Waals surface area contributed by atoms with Crippen molar-refractivity contribution in [1.29, 1.82) is 0 Å². The predicted octanol–water partition coefficient (Wildman–Crippen LogP) is 3.49. The number of aliphatic imine (C=N–C) groups is 1. The van der Waals surface area contributed by atoms with E-state index in [9.17, 15) is 4.79 Å². The lowest BCUT2D eigenvalue weighted by molar-refractivity contribution is -0.144. The molecule has 0 saturated carbocycles. The molecule has 0 saturated heterocycles. The molecule has 0 N–H and O–H groups in total. The largest absolute Gasteiger partial charge is 0.467 e. The van der Waals surface area contributed by atoms with Crippen molar-refractivity contribution < 1.29 is 18.7 Å². The summed E-state index contributed by atoms with van der Waals surface area (Å²) in [4.78, 5) is 16.6. The SMILES string of the molecule is COC(=O)C1N=C(c2ccccc2)OC1c1cc2ccccc2o1. The van der Waals surface area contributed by atoms with Gasteiger partial charge in [0.05, 0.1) is 7.11 Å². The molecule has 1 aliphatic rings. The summed E-state index contributed by atoms with van der Waals surface area (Å²) in [6.45, 7) is 0. The fourth-order valence-corrected chi connectivity index (χ4v) is 2.79. The molecule has 2 atom stereocenters. The maximum Gasteiger partial charge on any atom is 0.335 e. The highest BCUT2D eigenvalue weighted by Gasteiger charge is 2.41. The van der Waals surface area contributed by atoms with E-state index in [1.807, 2.05) is 60.7 Å². The first-order valence-corrected chi connectivity index (χ1v) is 7.62. The zero-order valence-electron chi connectivity index (χ0n) is 13.0. The highest BCUT2D eigenvalue weighted by molar-refractivity contribution is 5.98. The Balaban J connectivity index is 1.73. The minimum atomic E-state index is -0.786. The van der Waals surface area contributed by atoms with Gasteiger partial charge in [0.1, 0.15) is 11.3 Å². The molecule has 5 heteroatoms. The minimum absolute atomic E-state index is 0.413. The summed E-state index contributed by atoms with van der Waals surface area (Å²) >= 11 is 0. The zero-order chi connectivity index (χ0) is 16.5. The van der Waals surface area contributed by atoms with E-state index in [2.05, 4.69) is 4.99 Å². The number of hydrogen-bond acceptors (Lipinski definition) is 5. The Hall–Kier alpha value is -3.08. The Labute approximate surface area is 138 Å². The van der Waals surface area contributed by atoms with Crippen molar-refractivity contribution in [3.63, 3.8) is 0 Å². The van der Waals surface area contributed by atoms with Gasteiger partial charge in [-0.1, -0.05) is 36.4 Å². The molecule has 24 heavy (non-hydrogen) atoms. The molecular formula is C19H15NO4. The van der Waals surface area contributed by atoms with Crippen molar-refractivity contribution in [3.8, 4) is 0 Å². The highest BCUT2D eigenvalue weighted by Crippen LogP contribution is 2.35. The molecule has 4 rings (SSSR count). The highest BCUT2D eigenvalue weighted by atomic mass is 16.5. The number of methoxy groups -OCH3 is 1. The van der Waals surface area contributed by atoms with Crippen molar-refractivity contribution in [2.45, 2.75) is 12.1 Å². The van der Waals surface area contributed by atoms with Gasteiger partial charge in [0.25, 0.3) is 0 Å². The maximum absolute atomic E-state index is 12.1. The lowest BCUT2D eigenvalue weighted by Gasteiger charge is -2.13. The third kappa shape index (κ3) is 2.44. The summed E-state index contributed by atoms with van der Waals surface area (Å²) in [6.07, 6.45) is -0.639. The van der Waals surface area contributed by atoms with Gasteiger partial charge in [-0.05, 0) is 24.3 Å². The quantitative estimate of drug-likeness (QED) is 0.693. The average molecular weight is 321 g/mol. The van der Waals surface area contributed by atoms with Crippen LogP contribution in [0.25, 0.3) is 11.0 Å². The number of benzene rings is 2. The van der Waals surface area contributed by atoms with Crippen LogP contribution in [-0.2, 0) is 14.3 Å². The van der Waals surface area contributed by atoms with Crippen LogP contribution in [-0.4, -0.2) is 25.0 Å². The van der Waals surface area contributed by atoms with Crippen LogP contribution in [0.3, 0.4) is 0 Å². The van der Waals surface area contributed by atoms with E-state index in [4.69, 9.17) is 13.9 Å². The normalized spacial score (nSPS) is 19.8. The molecular weight excluding hydrogens is 306 g/mol. The number of ether oxygens (including phenoxy) is 2. The van der Waals surface area contributed by atoms with Crippen molar-refractivity contribution >= 4 is 22.8 Å². The number of hydrogen-bond donors (Lipinski definition) is 0. The van der Waals surface area contributed by atoms with Crippen molar-refractivity contribution in [2.24, 2.45) is 4.99 Å². The van der Waals surface area contributed by atoms with Gasteiger partial charge in [0, 0.05) is 10.9 Å². The van der Waals surface area contributed by atoms with E-state index in [1.165, 1.54) is 7.11 Å². The van der Waals surface area contributed by atoms with Gasteiger partial charge < -0.3 is 13.9 Å². The average Bonchev–Trinajstić information content (AvgIpc) is 3.25. The number of furan rings is 1. The topological polar surface area (TPSA) is 61.0 Å². The molecule has 5 nitrogen and oxygen atoms in total. The second-order valence-corrected chi connectivity index (χ2v) is 5.49.